The summed E-state index contributed by atoms with van der Waals surface area (Å²) < 4.78 is 10.3. The third kappa shape index (κ3) is 5.75. The van der Waals surface area contributed by atoms with Gasteiger partial charge in [0.2, 0.25) is 11.8 Å². The van der Waals surface area contributed by atoms with Gasteiger partial charge in [-0.05, 0) is 42.5 Å². The van der Waals surface area contributed by atoms with Crippen molar-refractivity contribution < 1.29 is 19.1 Å². The number of ether oxygens (including phenoxy) is 2. The van der Waals surface area contributed by atoms with Gasteiger partial charge in [-0.25, -0.2) is 4.99 Å². The Hall–Kier alpha value is -2.55. The monoisotopic (exact) mass is 447 g/mol. The number of amidine groups is 1. The normalized spacial score (nSPS) is 17.4. The topological polar surface area (TPSA) is 80.2 Å². The molecule has 1 saturated heterocycles. The predicted octanol–water partition coefficient (Wildman–Crippen LogP) is 3.96. The van der Waals surface area contributed by atoms with E-state index in [2.05, 4.69) is 10.3 Å². The first-order valence-electron chi connectivity index (χ1n) is 9.25. The summed E-state index contributed by atoms with van der Waals surface area (Å²) >= 11 is 7.23. The maximum absolute atomic E-state index is 12.9. The molecule has 2 aromatic rings. The molecule has 1 fully saturated rings. The highest BCUT2D eigenvalue weighted by atomic mass is 35.5. The molecule has 1 aliphatic heterocycles. The van der Waals surface area contributed by atoms with E-state index in [0.717, 1.165) is 5.75 Å². The number of anilines is 1. The van der Waals surface area contributed by atoms with E-state index in [1.165, 1.54) is 11.8 Å². The van der Waals surface area contributed by atoms with E-state index in [1.54, 1.807) is 55.5 Å². The van der Waals surface area contributed by atoms with E-state index >= 15 is 0 Å². The lowest BCUT2D eigenvalue weighted by molar-refractivity contribution is -0.128. The molecule has 2 amide bonds. The minimum Gasteiger partial charge on any atom is -0.497 e. The summed E-state index contributed by atoms with van der Waals surface area (Å²) in [7, 11) is 3.17. The van der Waals surface area contributed by atoms with Gasteiger partial charge in [-0.1, -0.05) is 29.4 Å². The van der Waals surface area contributed by atoms with Crippen LogP contribution in [0.3, 0.4) is 0 Å². The molecule has 1 atom stereocenters. The number of hydrogen-bond acceptors (Lipinski definition) is 6. The SMILES string of the molecule is COCCN1C(=O)[C@H](CC(=O)Nc2cccc(Cl)c2)SC1=Nc1ccc(OC)cc1. The molecule has 0 bridgehead atoms. The third-order valence-corrected chi connectivity index (χ3v) is 5.73. The highest BCUT2D eigenvalue weighted by Gasteiger charge is 2.39. The standard InChI is InChI=1S/C21H22ClN3O4S/c1-28-11-10-25-20(27)18(13-19(26)23-16-5-3-4-14(22)12-16)30-21(25)24-15-6-8-17(29-2)9-7-15/h3-9,12,18H,10-11,13H2,1-2H3,(H,23,26)/t18-/m0/s1. The van der Waals surface area contributed by atoms with Crippen molar-refractivity contribution in [3.05, 3.63) is 53.6 Å². The second-order valence-electron chi connectivity index (χ2n) is 6.44. The van der Waals surface area contributed by atoms with Gasteiger partial charge in [0.05, 0.1) is 25.9 Å². The summed E-state index contributed by atoms with van der Waals surface area (Å²) in [6, 6.07) is 14.1. The Morgan fingerprint density at radius 2 is 2.00 bits per heavy atom. The average Bonchev–Trinajstić information content (AvgIpc) is 3.01. The third-order valence-electron chi connectivity index (χ3n) is 4.32. The molecular formula is C21H22ClN3O4S. The zero-order chi connectivity index (χ0) is 21.5. The highest BCUT2D eigenvalue weighted by molar-refractivity contribution is 8.15. The highest BCUT2D eigenvalue weighted by Crippen LogP contribution is 2.32. The Bertz CT molecular complexity index is 936. The fourth-order valence-electron chi connectivity index (χ4n) is 2.83. The van der Waals surface area contributed by atoms with Crippen LogP contribution < -0.4 is 10.1 Å². The number of methoxy groups -OCH3 is 2. The average molecular weight is 448 g/mol. The molecule has 1 aliphatic rings. The zero-order valence-electron chi connectivity index (χ0n) is 16.6. The second-order valence-corrected chi connectivity index (χ2v) is 8.05. The summed E-state index contributed by atoms with van der Waals surface area (Å²) in [5.74, 6) is 0.298. The molecular weight excluding hydrogens is 426 g/mol. The van der Waals surface area contributed by atoms with Gasteiger partial charge in [-0.15, -0.1) is 0 Å². The number of rotatable bonds is 8. The van der Waals surface area contributed by atoms with Gasteiger partial charge in [0, 0.05) is 24.2 Å². The first-order chi connectivity index (χ1) is 14.5. The van der Waals surface area contributed by atoms with Crippen LogP contribution in [0.15, 0.2) is 53.5 Å². The number of halogens is 1. The van der Waals surface area contributed by atoms with Crippen molar-refractivity contribution in [2.24, 2.45) is 4.99 Å². The molecule has 3 rings (SSSR count). The van der Waals surface area contributed by atoms with Gasteiger partial charge >= 0.3 is 0 Å². The van der Waals surface area contributed by atoms with E-state index in [9.17, 15) is 9.59 Å². The first kappa shape index (κ1) is 22.1. The van der Waals surface area contributed by atoms with Gasteiger partial charge in [0.1, 0.15) is 11.0 Å². The molecule has 0 radical (unpaired) electrons. The molecule has 7 nitrogen and oxygen atoms in total. The molecule has 158 valence electrons. The number of nitrogens with one attached hydrogen (secondary N) is 1. The fraction of sp³-hybridized carbons (Fsp3) is 0.286. The van der Waals surface area contributed by atoms with Crippen molar-refractivity contribution in [1.82, 2.24) is 4.90 Å². The van der Waals surface area contributed by atoms with Crippen LogP contribution in [0.2, 0.25) is 5.02 Å². The maximum Gasteiger partial charge on any atom is 0.242 e. The number of hydrogen-bond donors (Lipinski definition) is 1. The van der Waals surface area contributed by atoms with E-state index in [0.29, 0.717) is 34.7 Å². The van der Waals surface area contributed by atoms with Gasteiger partial charge in [0.15, 0.2) is 5.17 Å². The number of amides is 2. The largest absolute Gasteiger partial charge is 0.497 e. The van der Waals surface area contributed by atoms with Crippen molar-refractivity contribution >= 4 is 51.7 Å². The van der Waals surface area contributed by atoms with Crippen LogP contribution in [0.1, 0.15) is 6.42 Å². The molecule has 9 heteroatoms. The molecule has 0 aromatic heterocycles. The van der Waals surface area contributed by atoms with Crippen LogP contribution in [-0.4, -0.2) is 54.5 Å². The first-order valence-corrected chi connectivity index (χ1v) is 10.5. The van der Waals surface area contributed by atoms with E-state index in [-0.39, 0.29) is 18.2 Å². The summed E-state index contributed by atoms with van der Waals surface area (Å²) in [5.41, 5.74) is 1.28. The Morgan fingerprint density at radius 3 is 2.67 bits per heavy atom. The maximum atomic E-state index is 12.9. The van der Waals surface area contributed by atoms with E-state index in [1.807, 2.05) is 12.1 Å². The molecule has 0 unspecified atom stereocenters. The Balaban J connectivity index is 1.73. The van der Waals surface area contributed by atoms with Crippen molar-refractivity contribution in [3.63, 3.8) is 0 Å². The fourth-order valence-corrected chi connectivity index (χ4v) is 4.20. The van der Waals surface area contributed by atoms with Crippen LogP contribution in [-0.2, 0) is 14.3 Å². The summed E-state index contributed by atoms with van der Waals surface area (Å²) in [5, 5.41) is 3.29. The number of thioether (sulfide) groups is 1. The van der Waals surface area contributed by atoms with Crippen LogP contribution in [0, 0.1) is 0 Å². The van der Waals surface area contributed by atoms with Crippen LogP contribution in [0.4, 0.5) is 11.4 Å². The zero-order valence-corrected chi connectivity index (χ0v) is 18.2. The Kier molecular flexibility index (Phi) is 7.73. The summed E-state index contributed by atoms with van der Waals surface area (Å²) in [6.45, 7) is 0.735. The lowest BCUT2D eigenvalue weighted by Gasteiger charge is -2.15. The summed E-state index contributed by atoms with van der Waals surface area (Å²) in [4.78, 5) is 31.5. The van der Waals surface area contributed by atoms with Gasteiger partial charge in [0.25, 0.3) is 0 Å². The molecule has 1 N–H and O–H groups in total. The molecule has 0 aliphatic carbocycles. The van der Waals surface area contributed by atoms with Gasteiger partial charge < -0.3 is 14.8 Å². The predicted molar refractivity (Wildman–Crippen MR) is 120 cm³/mol. The quantitative estimate of drug-likeness (QED) is 0.662. The molecule has 30 heavy (non-hydrogen) atoms. The van der Waals surface area contributed by atoms with Gasteiger partial charge in [-0.3, -0.25) is 14.5 Å². The van der Waals surface area contributed by atoms with Crippen LogP contribution in [0.5, 0.6) is 5.75 Å². The smallest absolute Gasteiger partial charge is 0.242 e. The van der Waals surface area contributed by atoms with Crippen molar-refractivity contribution in [3.8, 4) is 5.75 Å². The molecule has 1 heterocycles. The lowest BCUT2D eigenvalue weighted by atomic mass is 10.2. The van der Waals surface area contributed by atoms with Crippen molar-refractivity contribution in [1.29, 1.82) is 0 Å². The number of carbonyl (C=O) groups excluding carboxylic acids is 2. The Labute approximate surface area is 184 Å². The number of aliphatic imine (C=N–C) groups is 1. The second kappa shape index (κ2) is 10.5. The molecule has 0 spiro atoms. The lowest BCUT2D eigenvalue weighted by Crippen LogP contribution is -2.35. The van der Waals surface area contributed by atoms with Gasteiger partial charge in [-0.2, -0.15) is 0 Å². The number of benzene rings is 2. The molecule has 2 aromatic carbocycles. The van der Waals surface area contributed by atoms with Crippen molar-refractivity contribution in [2.75, 3.05) is 32.7 Å². The van der Waals surface area contributed by atoms with Crippen LogP contribution >= 0.6 is 23.4 Å². The summed E-state index contributed by atoms with van der Waals surface area (Å²) in [6.07, 6.45) is 0.0289. The van der Waals surface area contributed by atoms with Crippen LogP contribution in [0.25, 0.3) is 0 Å². The van der Waals surface area contributed by atoms with E-state index in [4.69, 9.17) is 21.1 Å². The molecule has 0 saturated carbocycles. The van der Waals surface area contributed by atoms with E-state index < -0.39 is 5.25 Å². The minimum absolute atomic E-state index is 0.0289. The van der Waals surface area contributed by atoms with Crippen molar-refractivity contribution in [2.45, 2.75) is 11.7 Å². The number of carbonyl (C=O) groups is 2. The minimum atomic E-state index is -0.557. The number of nitrogens with zero attached hydrogens (tertiary/aromatic N) is 2. The Morgan fingerprint density at radius 1 is 1.23 bits per heavy atom.